The van der Waals surface area contributed by atoms with E-state index in [1.54, 1.807) is 32.5 Å². The van der Waals surface area contributed by atoms with E-state index >= 15 is 0 Å². The van der Waals surface area contributed by atoms with Crippen LogP contribution in [0.2, 0.25) is 0 Å². The molecule has 0 saturated carbocycles. The van der Waals surface area contributed by atoms with Crippen LogP contribution in [0, 0.1) is 5.82 Å². The molecule has 4 aromatic rings. The predicted molar refractivity (Wildman–Crippen MR) is 155 cm³/mol. The van der Waals surface area contributed by atoms with Crippen LogP contribution in [0.25, 0.3) is 11.2 Å². The zero-order valence-corrected chi connectivity index (χ0v) is 24.2. The molecule has 10 nitrogen and oxygen atoms in total. The van der Waals surface area contributed by atoms with Gasteiger partial charge in [0, 0.05) is 17.6 Å². The van der Waals surface area contributed by atoms with Gasteiger partial charge in [0.1, 0.15) is 29.5 Å². The van der Waals surface area contributed by atoms with E-state index in [2.05, 4.69) is 15.0 Å². The van der Waals surface area contributed by atoms with Crippen LogP contribution in [0.4, 0.5) is 10.2 Å². The van der Waals surface area contributed by atoms with Crippen LogP contribution < -0.4 is 10.3 Å². The van der Waals surface area contributed by atoms with E-state index in [0.29, 0.717) is 35.8 Å². The number of aromatic nitrogens is 4. The summed E-state index contributed by atoms with van der Waals surface area (Å²) in [4.78, 5) is 12.5. The fourth-order valence-corrected chi connectivity index (χ4v) is 8.21. The molecule has 0 aliphatic carbocycles. The number of halogens is 1. The Morgan fingerprint density at radius 1 is 1.10 bits per heavy atom. The highest BCUT2D eigenvalue weighted by Crippen LogP contribution is 2.52. The number of nitrogens with zero attached hydrogens (tertiary/aromatic N) is 4. The first-order valence-electron chi connectivity index (χ1n) is 12.5. The van der Waals surface area contributed by atoms with Crippen molar-refractivity contribution >= 4 is 46.2 Å². The van der Waals surface area contributed by atoms with Crippen LogP contribution >= 0.6 is 29.2 Å². The highest BCUT2D eigenvalue weighted by atomic mass is 33.1. The number of anilines is 1. The molecular weight excluding hydrogens is 576 g/mol. The first-order valence-corrected chi connectivity index (χ1v) is 16.8. The van der Waals surface area contributed by atoms with Crippen molar-refractivity contribution in [1.82, 2.24) is 19.5 Å². The molecule has 2 unspecified atom stereocenters. The second-order valence-corrected chi connectivity index (χ2v) is 13.6. The third-order valence-electron chi connectivity index (χ3n) is 6.01. The summed E-state index contributed by atoms with van der Waals surface area (Å²) in [5, 5.41) is 0. The second-order valence-electron chi connectivity index (χ2n) is 9.14. The Bertz CT molecular complexity index is 1470. The van der Waals surface area contributed by atoms with Crippen molar-refractivity contribution in [3.05, 3.63) is 78.6 Å². The van der Waals surface area contributed by atoms with Gasteiger partial charge in [-0.1, -0.05) is 58.0 Å². The first-order chi connectivity index (χ1) is 19.4. The van der Waals surface area contributed by atoms with Crippen LogP contribution in [-0.2, 0) is 31.7 Å². The third kappa shape index (κ3) is 7.54. The Kier molecular flexibility index (Phi) is 9.61. The minimum Gasteiger partial charge on any atom is -0.423 e. The van der Waals surface area contributed by atoms with Crippen LogP contribution in [0.15, 0.2) is 67.3 Å². The van der Waals surface area contributed by atoms with E-state index in [1.165, 1.54) is 24.5 Å². The summed E-state index contributed by atoms with van der Waals surface area (Å²) in [6.07, 6.45) is 1.34. The lowest BCUT2D eigenvalue weighted by Gasteiger charge is -2.33. The molecular formula is C26H29FN5O5PS2. The molecule has 3 heterocycles. The number of rotatable bonds is 12. The summed E-state index contributed by atoms with van der Waals surface area (Å²) in [5.74, 6) is 1.05. The number of imidazole rings is 1. The second kappa shape index (κ2) is 13.3. The monoisotopic (exact) mass is 605 g/mol. The average molecular weight is 606 g/mol. The zero-order chi connectivity index (χ0) is 28.0. The summed E-state index contributed by atoms with van der Waals surface area (Å²) in [6, 6.07) is 15.3. The number of nitrogens with two attached hydrogens (primary N) is 1. The van der Waals surface area contributed by atoms with Gasteiger partial charge in [-0.3, -0.25) is 4.52 Å². The Balaban J connectivity index is 1.29. The molecule has 1 saturated heterocycles. The van der Waals surface area contributed by atoms with Crippen molar-refractivity contribution in [2.45, 2.75) is 38.4 Å². The molecule has 1 fully saturated rings. The van der Waals surface area contributed by atoms with Gasteiger partial charge in [0.2, 0.25) is 0 Å². The van der Waals surface area contributed by atoms with Crippen molar-refractivity contribution in [2.24, 2.45) is 0 Å². The molecule has 2 aromatic heterocycles. The van der Waals surface area contributed by atoms with E-state index in [9.17, 15) is 8.96 Å². The van der Waals surface area contributed by atoms with E-state index in [-0.39, 0.29) is 24.0 Å². The number of hydrogen-bond donors (Lipinski definition) is 1. The van der Waals surface area contributed by atoms with Crippen molar-refractivity contribution in [1.29, 1.82) is 0 Å². The van der Waals surface area contributed by atoms with Gasteiger partial charge in [-0.2, -0.15) is 0 Å². The number of nitrogen functional groups attached to an aromatic ring is 1. The van der Waals surface area contributed by atoms with Crippen molar-refractivity contribution in [3.63, 3.8) is 0 Å². The minimum absolute atomic E-state index is 0.0898. The lowest BCUT2D eigenvalue weighted by Crippen LogP contribution is -2.38. The van der Waals surface area contributed by atoms with E-state index in [0.717, 1.165) is 11.6 Å². The summed E-state index contributed by atoms with van der Waals surface area (Å²) in [5.41, 5.74) is 7.97. The Hall–Kier alpha value is -2.67. The van der Waals surface area contributed by atoms with Crippen molar-refractivity contribution in [3.8, 4) is 5.75 Å². The Morgan fingerprint density at radius 3 is 2.70 bits per heavy atom. The van der Waals surface area contributed by atoms with Gasteiger partial charge in [-0.05, 0) is 24.6 Å². The molecule has 212 valence electrons. The summed E-state index contributed by atoms with van der Waals surface area (Å²) >= 11 is 0. The first kappa shape index (κ1) is 28.8. The van der Waals surface area contributed by atoms with Gasteiger partial charge in [0.25, 0.3) is 0 Å². The fraction of sp³-hybridized carbons (Fsp3) is 0.346. The highest BCUT2D eigenvalue weighted by Gasteiger charge is 2.38. The average Bonchev–Trinajstić information content (AvgIpc) is 3.36. The van der Waals surface area contributed by atoms with E-state index in [4.69, 9.17) is 24.3 Å². The number of benzene rings is 2. The normalized spacial score (nSPS) is 19.8. The van der Waals surface area contributed by atoms with Gasteiger partial charge >= 0.3 is 7.60 Å². The van der Waals surface area contributed by atoms with Gasteiger partial charge in [-0.25, -0.2) is 23.9 Å². The molecule has 0 radical (unpaired) electrons. The molecule has 0 amide bonds. The molecule has 0 bridgehead atoms. The topological polar surface area (TPSA) is 124 Å². The Labute approximate surface area is 239 Å². The molecule has 0 spiro atoms. The van der Waals surface area contributed by atoms with Gasteiger partial charge < -0.3 is 24.3 Å². The molecule has 5 rings (SSSR count). The van der Waals surface area contributed by atoms with Crippen LogP contribution in [0.3, 0.4) is 0 Å². The maximum atomic E-state index is 14.1. The molecule has 14 heteroatoms. The third-order valence-corrected chi connectivity index (χ3v) is 9.97. The van der Waals surface area contributed by atoms with E-state index < -0.39 is 25.6 Å². The Morgan fingerprint density at radius 2 is 1.90 bits per heavy atom. The maximum absolute atomic E-state index is 14.1. The summed E-state index contributed by atoms with van der Waals surface area (Å²) < 4.78 is 53.9. The van der Waals surface area contributed by atoms with Gasteiger partial charge in [0.05, 0.1) is 31.7 Å². The molecule has 2 aromatic carbocycles. The van der Waals surface area contributed by atoms with Gasteiger partial charge in [-0.15, -0.1) is 0 Å². The largest absolute Gasteiger partial charge is 0.423 e. The number of ether oxygens (including phenoxy) is 2. The quantitative estimate of drug-likeness (QED) is 0.162. The standard InChI is InChI=1S/C26H29FN5O5PS2/c1-18(11-32-16-31-24-25(28)29-15-30-26(24)32)35-17-38(33,36-21-9-5-8-20(27)10-21)37-23-14-40-39-13-22(23)34-12-19-6-3-2-4-7-19/h2-10,15-16,18,22-23H,11-14,17H2,1H3,(H2,28,29,30)/t18-,22+,23?,38?/m1/s1. The predicted octanol–water partition coefficient (Wildman–Crippen LogP) is 5.55. The smallest absolute Gasteiger partial charge is 0.405 e. The van der Waals surface area contributed by atoms with Crippen LogP contribution in [-0.4, -0.2) is 55.7 Å². The maximum Gasteiger partial charge on any atom is 0.405 e. The van der Waals surface area contributed by atoms with Crippen molar-refractivity contribution in [2.75, 3.05) is 23.6 Å². The fourth-order valence-electron chi connectivity index (χ4n) is 4.03. The molecule has 2 N–H and O–H groups in total. The van der Waals surface area contributed by atoms with Gasteiger partial charge in [0.15, 0.2) is 17.8 Å². The summed E-state index contributed by atoms with van der Waals surface area (Å²) in [6.45, 7) is 2.57. The minimum atomic E-state index is -3.92. The molecule has 1 aliphatic rings. The van der Waals surface area contributed by atoms with Crippen LogP contribution in [0.5, 0.6) is 5.75 Å². The number of hydrogen-bond acceptors (Lipinski definition) is 11. The summed E-state index contributed by atoms with van der Waals surface area (Å²) in [7, 11) is -0.647. The lowest BCUT2D eigenvalue weighted by atomic mass is 10.2. The SMILES string of the molecule is C[C@H](Cn1cnc2c(N)ncnc21)OCP(=O)(Oc1cccc(F)c1)OC1CSSC[C@@H]1OCc1ccccc1. The van der Waals surface area contributed by atoms with Crippen molar-refractivity contribution < 1.29 is 27.5 Å². The zero-order valence-electron chi connectivity index (χ0n) is 21.7. The molecule has 1 aliphatic heterocycles. The lowest BCUT2D eigenvalue weighted by molar-refractivity contribution is -0.0192. The molecule has 40 heavy (non-hydrogen) atoms. The highest BCUT2D eigenvalue weighted by molar-refractivity contribution is 8.76. The number of fused-ring (bicyclic) bond motifs is 1. The van der Waals surface area contributed by atoms with E-state index in [1.807, 2.05) is 37.3 Å². The molecule has 4 atom stereocenters. The van der Waals surface area contributed by atoms with Crippen LogP contribution in [0.1, 0.15) is 12.5 Å².